The van der Waals surface area contributed by atoms with Crippen LogP contribution in [0.15, 0.2) is 200 Å². The van der Waals surface area contributed by atoms with Crippen molar-refractivity contribution in [1.82, 2.24) is 0 Å². The van der Waals surface area contributed by atoms with E-state index in [1.165, 1.54) is 92.3 Å². The number of hydrogen-bond acceptors (Lipinski definition) is 2. The summed E-state index contributed by atoms with van der Waals surface area (Å²) in [6.07, 6.45) is 0. The van der Waals surface area contributed by atoms with E-state index >= 15 is 0 Å². The first-order chi connectivity index (χ1) is 28.0. The van der Waals surface area contributed by atoms with Crippen LogP contribution in [0.3, 0.4) is 0 Å². The summed E-state index contributed by atoms with van der Waals surface area (Å²) in [6.45, 7) is 4.78. The van der Waals surface area contributed by atoms with Crippen LogP contribution >= 0.6 is 11.3 Å². The van der Waals surface area contributed by atoms with Crippen molar-refractivity contribution in [3.05, 3.63) is 211 Å². The highest BCUT2D eigenvalue weighted by atomic mass is 32.1. The normalized spacial score (nSPS) is 12.9. The lowest BCUT2D eigenvalue weighted by atomic mass is 9.81. The van der Waals surface area contributed by atoms with Crippen molar-refractivity contribution < 1.29 is 0 Å². The molecule has 1 nitrogen and oxygen atoms in total. The molecule has 11 rings (SSSR count). The first-order valence-corrected chi connectivity index (χ1v) is 20.6. The average molecular weight is 746 g/mol. The van der Waals surface area contributed by atoms with E-state index in [9.17, 15) is 0 Å². The molecule has 2 heteroatoms. The zero-order chi connectivity index (χ0) is 38.1. The molecule has 9 aromatic carbocycles. The van der Waals surface area contributed by atoms with Crippen LogP contribution in [0, 0.1) is 0 Å². The molecule has 10 aromatic rings. The Morgan fingerprint density at radius 2 is 1.04 bits per heavy atom. The molecule has 0 fully saturated rings. The summed E-state index contributed by atoms with van der Waals surface area (Å²) in [4.78, 5) is 2.55. The van der Waals surface area contributed by atoms with Gasteiger partial charge >= 0.3 is 0 Å². The highest BCUT2D eigenvalue weighted by Gasteiger charge is 2.39. The van der Waals surface area contributed by atoms with Crippen molar-refractivity contribution in [2.45, 2.75) is 19.3 Å². The SMILES string of the molecule is CC1(C)c2ccccc2-c2cccc(N(c3cccc(-c4ccccc4)c3)c3cccc(-c4cccc5ccccc45)c3-c3ccc4c(c3)sc3ccccc34)c21. The summed E-state index contributed by atoms with van der Waals surface area (Å²) in [7, 11) is 0. The molecule has 1 aromatic heterocycles. The summed E-state index contributed by atoms with van der Waals surface area (Å²) >= 11 is 1.88. The molecular formula is C55H39NS. The van der Waals surface area contributed by atoms with E-state index in [2.05, 4.69) is 219 Å². The van der Waals surface area contributed by atoms with Crippen LogP contribution in [-0.4, -0.2) is 0 Å². The van der Waals surface area contributed by atoms with Gasteiger partial charge in [0.15, 0.2) is 0 Å². The van der Waals surface area contributed by atoms with Crippen molar-refractivity contribution in [3.63, 3.8) is 0 Å². The molecule has 0 unspecified atom stereocenters. The number of nitrogens with zero attached hydrogens (tertiary/aromatic N) is 1. The molecule has 0 saturated heterocycles. The molecule has 0 N–H and O–H groups in total. The standard InChI is InChI=1S/C55H39NS/c1-55(2)48-28-10-8-23-43(48)47-27-15-30-50(54(47)55)56(40-21-12-20-38(34-40)36-16-4-3-5-17-36)49-29-14-26-46(42-25-13-19-37-18-6-7-22-41(37)42)53(49)39-32-33-45-44-24-9-11-31-51(44)57-52(45)35-39/h3-35H,1-2H3. The number of rotatable bonds is 6. The van der Waals surface area contributed by atoms with E-state index in [0.717, 1.165) is 11.4 Å². The first-order valence-electron chi connectivity index (χ1n) is 19.8. The number of hydrogen-bond donors (Lipinski definition) is 0. The minimum atomic E-state index is -0.221. The maximum Gasteiger partial charge on any atom is 0.0546 e. The Kier molecular flexibility index (Phi) is 7.77. The van der Waals surface area contributed by atoms with Crippen LogP contribution < -0.4 is 4.90 Å². The lowest BCUT2D eigenvalue weighted by Crippen LogP contribution is -2.21. The van der Waals surface area contributed by atoms with Gasteiger partial charge in [-0.2, -0.15) is 0 Å². The second kappa shape index (κ2) is 13.2. The van der Waals surface area contributed by atoms with Gasteiger partial charge in [0.1, 0.15) is 0 Å². The van der Waals surface area contributed by atoms with Gasteiger partial charge in [-0.05, 0) is 97.2 Å². The Morgan fingerprint density at radius 3 is 1.93 bits per heavy atom. The zero-order valence-corrected chi connectivity index (χ0v) is 32.7. The summed E-state index contributed by atoms with van der Waals surface area (Å²) in [6, 6.07) is 74.0. The number of fused-ring (bicyclic) bond motifs is 7. The fourth-order valence-electron chi connectivity index (χ4n) is 9.46. The van der Waals surface area contributed by atoms with E-state index in [-0.39, 0.29) is 5.41 Å². The van der Waals surface area contributed by atoms with Gasteiger partial charge < -0.3 is 4.90 Å². The topological polar surface area (TPSA) is 3.24 Å². The molecule has 0 atom stereocenters. The predicted octanol–water partition coefficient (Wildman–Crippen LogP) is 16.0. The summed E-state index contributed by atoms with van der Waals surface area (Å²) in [5.74, 6) is 0. The second-order valence-electron chi connectivity index (χ2n) is 15.7. The Hall–Kier alpha value is -6.74. The molecule has 0 radical (unpaired) electrons. The molecule has 1 aliphatic rings. The molecular weight excluding hydrogens is 707 g/mol. The minimum absolute atomic E-state index is 0.221. The smallest absolute Gasteiger partial charge is 0.0546 e. The van der Waals surface area contributed by atoms with Gasteiger partial charge in [0.2, 0.25) is 0 Å². The highest BCUT2D eigenvalue weighted by molar-refractivity contribution is 7.25. The minimum Gasteiger partial charge on any atom is -0.309 e. The Bertz CT molecular complexity index is 3160. The molecule has 0 saturated carbocycles. The van der Waals surface area contributed by atoms with Crippen LogP contribution in [0.2, 0.25) is 0 Å². The summed E-state index contributed by atoms with van der Waals surface area (Å²) < 4.78 is 2.61. The van der Waals surface area contributed by atoms with E-state index in [4.69, 9.17) is 0 Å². The third-order valence-corrected chi connectivity index (χ3v) is 13.2. The van der Waals surface area contributed by atoms with E-state index in [1.54, 1.807) is 0 Å². The predicted molar refractivity (Wildman–Crippen MR) is 245 cm³/mol. The molecule has 1 heterocycles. The average Bonchev–Trinajstić information content (AvgIpc) is 3.75. The van der Waals surface area contributed by atoms with E-state index < -0.39 is 0 Å². The van der Waals surface area contributed by atoms with Crippen LogP contribution in [0.4, 0.5) is 17.1 Å². The van der Waals surface area contributed by atoms with Crippen LogP contribution in [0.25, 0.3) is 75.5 Å². The van der Waals surface area contributed by atoms with E-state index in [1.807, 2.05) is 11.3 Å². The summed E-state index contributed by atoms with van der Waals surface area (Å²) in [5, 5.41) is 5.10. The molecule has 0 aliphatic heterocycles. The van der Waals surface area contributed by atoms with Gasteiger partial charge in [0.05, 0.1) is 11.4 Å². The monoisotopic (exact) mass is 745 g/mol. The van der Waals surface area contributed by atoms with Crippen LogP contribution in [0.5, 0.6) is 0 Å². The summed E-state index contributed by atoms with van der Waals surface area (Å²) in [5.41, 5.74) is 15.8. The Morgan fingerprint density at radius 1 is 0.404 bits per heavy atom. The molecule has 0 bridgehead atoms. The van der Waals surface area contributed by atoms with E-state index in [0.29, 0.717) is 0 Å². The quantitative estimate of drug-likeness (QED) is 0.164. The Balaban J connectivity index is 1.25. The van der Waals surface area contributed by atoms with Gasteiger partial charge in [-0.3, -0.25) is 0 Å². The maximum atomic E-state index is 2.55. The van der Waals surface area contributed by atoms with Crippen molar-refractivity contribution in [2.75, 3.05) is 4.90 Å². The number of anilines is 3. The van der Waals surface area contributed by atoms with Crippen molar-refractivity contribution >= 4 is 59.3 Å². The van der Waals surface area contributed by atoms with Gasteiger partial charge in [-0.15, -0.1) is 11.3 Å². The molecule has 270 valence electrons. The molecule has 0 amide bonds. The van der Waals surface area contributed by atoms with Crippen LogP contribution in [-0.2, 0) is 5.41 Å². The molecule has 1 aliphatic carbocycles. The van der Waals surface area contributed by atoms with Crippen molar-refractivity contribution in [1.29, 1.82) is 0 Å². The van der Waals surface area contributed by atoms with Crippen molar-refractivity contribution in [2.24, 2.45) is 0 Å². The molecule has 0 spiro atoms. The van der Waals surface area contributed by atoms with Gasteiger partial charge in [0, 0.05) is 36.8 Å². The first kappa shape index (κ1) is 33.6. The Labute approximate surface area is 337 Å². The second-order valence-corrected chi connectivity index (χ2v) is 16.7. The molecule has 57 heavy (non-hydrogen) atoms. The van der Waals surface area contributed by atoms with Crippen molar-refractivity contribution in [3.8, 4) is 44.5 Å². The maximum absolute atomic E-state index is 2.55. The van der Waals surface area contributed by atoms with Gasteiger partial charge in [0.25, 0.3) is 0 Å². The van der Waals surface area contributed by atoms with Crippen LogP contribution in [0.1, 0.15) is 25.0 Å². The third kappa shape index (κ3) is 5.36. The fourth-order valence-corrected chi connectivity index (χ4v) is 10.6. The third-order valence-electron chi connectivity index (χ3n) is 12.0. The fraction of sp³-hybridized carbons (Fsp3) is 0.0545. The van der Waals surface area contributed by atoms with Gasteiger partial charge in [-0.25, -0.2) is 0 Å². The zero-order valence-electron chi connectivity index (χ0n) is 31.9. The lowest BCUT2D eigenvalue weighted by molar-refractivity contribution is 0.661. The highest BCUT2D eigenvalue weighted by Crippen LogP contribution is 2.56. The largest absolute Gasteiger partial charge is 0.309 e. The number of benzene rings is 9. The lowest BCUT2D eigenvalue weighted by Gasteiger charge is -2.34. The number of thiophene rings is 1. The van der Waals surface area contributed by atoms with Gasteiger partial charge in [-0.1, -0.05) is 178 Å².